The van der Waals surface area contributed by atoms with Crippen molar-refractivity contribution in [2.45, 2.75) is 12.3 Å². The molecule has 2 atom stereocenters. The highest BCUT2D eigenvalue weighted by molar-refractivity contribution is 5.98. The summed E-state index contributed by atoms with van der Waals surface area (Å²) in [6.07, 6.45) is 0.750. The van der Waals surface area contributed by atoms with Gasteiger partial charge in [-0.25, -0.2) is 0 Å². The molecule has 32 heavy (non-hydrogen) atoms. The second-order valence-electron chi connectivity index (χ2n) is 7.50. The summed E-state index contributed by atoms with van der Waals surface area (Å²) in [6, 6.07) is 16.5. The molecule has 3 heterocycles. The zero-order valence-electron chi connectivity index (χ0n) is 16.9. The highest BCUT2D eigenvalue weighted by atomic mass is 16.5. The van der Waals surface area contributed by atoms with Gasteiger partial charge in [0.25, 0.3) is 5.56 Å². The Balaban J connectivity index is 1.59. The molecule has 0 bridgehead atoms. The standard InChI is InChI=1S/C23H19N5O4/c24-12-15-18(13-7-8-16-17(11-13)32-10-4-9-31-16)19-20(26-21(15)29)27-23(28-22(19)30)25-14-5-2-1-3-6-14/h1-3,5-8,11,15,18H,4,9-10H2,(H3,25,26,27,28,29,30). The number of nitrogens with one attached hydrogen (secondary N) is 3. The Morgan fingerprint density at radius 3 is 2.62 bits per heavy atom. The van der Waals surface area contributed by atoms with Gasteiger partial charge in [-0.05, 0) is 29.8 Å². The maximum atomic E-state index is 13.1. The number of rotatable bonds is 3. The van der Waals surface area contributed by atoms with E-state index in [1.807, 2.05) is 36.4 Å². The molecule has 2 unspecified atom stereocenters. The van der Waals surface area contributed by atoms with Gasteiger partial charge in [0.1, 0.15) is 11.7 Å². The molecular formula is C23H19N5O4. The van der Waals surface area contributed by atoms with Crippen molar-refractivity contribution < 1.29 is 14.3 Å². The summed E-state index contributed by atoms with van der Waals surface area (Å²) in [7, 11) is 0. The van der Waals surface area contributed by atoms with Crippen LogP contribution in [0, 0.1) is 17.2 Å². The van der Waals surface area contributed by atoms with Gasteiger partial charge in [0, 0.05) is 18.0 Å². The number of ether oxygens (including phenoxy) is 2. The Bertz CT molecular complexity index is 1280. The molecule has 0 saturated heterocycles. The minimum absolute atomic E-state index is 0.126. The first-order chi connectivity index (χ1) is 15.6. The Labute approximate surface area is 183 Å². The van der Waals surface area contributed by atoms with Gasteiger partial charge in [-0.2, -0.15) is 10.2 Å². The highest BCUT2D eigenvalue weighted by Gasteiger charge is 2.40. The highest BCUT2D eigenvalue weighted by Crippen LogP contribution is 2.41. The van der Waals surface area contributed by atoms with Crippen LogP contribution in [-0.2, 0) is 4.79 Å². The van der Waals surface area contributed by atoms with Crippen LogP contribution < -0.4 is 25.7 Å². The molecule has 3 N–H and O–H groups in total. The lowest BCUT2D eigenvalue weighted by Gasteiger charge is -2.28. The zero-order valence-corrected chi connectivity index (χ0v) is 16.9. The third-order valence-electron chi connectivity index (χ3n) is 5.43. The van der Waals surface area contributed by atoms with Gasteiger partial charge in [-0.15, -0.1) is 0 Å². The number of H-pyrrole nitrogens is 1. The molecule has 1 amide bonds. The van der Waals surface area contributed by atoms with Gasteiger partial charge in [-0.3, -0.25) is 14.6 Å². The number of aromatic nitrogens is 2. The molecule has 160 valence electrons. The molecule has 0 saturated carbocycles. The number of carbonyl (C=O) groups excluding carboxylic acids is 1. The van der Waals surface area contributed by atoms with E-state index in [4.69, 9.17) is 9.47 Å². The van der Waals surface area contributed by atoms with Crippen LogP contribution in [0.1, 0.15) is 23.5 Å². The summed E-state index contributed by atoms with van der Waals surface area (Å²) in [5.74, 6) is -0.980. The molecule has 0 aliphatic carbocycles. The molecule has 2 aliphatic heterocycles. The lowest BCUT2D eigenvalue weighted by molar-refractivity contribution is -0.119. The van der Waals surface area contributed by atoms with Crippen LogP contribution in [0.5, 0.6) is 11.5 Å². The maximum absolute atomic E-state index is 13.1. The molecule has 2 aliphatic rings. The van der Waals surface area contributed by atoms with Crippen molar-refractivity contribution in [3.8, 4) is 17.6 Å². The van der Waals surface area contributed by atoms with Crippen molar-refractivity contribution in [3.05, 3.63) is 70.0 Å². The van der Waals surface area contributed by atoms with E-state index in [1.165, 1.54) is 0 Å². The lowest BCUT2D eigenvalue weighted by atomic mass is 9.79. The average molecular weight is 429 g/mol. The molecular weight excluding hydrogens is 410 g/mol. The normalized spacial score (nSPS) is 19.2. The lowest BCUT2D eigenvalue weighted by Crippen LogP contribution is -2.38. The van der Waals surface area contributed by atoms with Crippen molar-refractivity contribution in [1.29, 1.82) is 5.26 Å². The predicted octanol–water partition coefficient (Wildman–Crippen LogP) is 2.90. The van der Waals surface area contributed by atoms with Crippen molar-refractivity contribution in [3.63, 3.8) is 0 Å². The fraction of sp³-hybridized carbons (Fsp3) is 0.217. The molecule has 9 heteroatoms. The van der Waals surface area contributed by atoms with Crippen LogP contribution in [0.15, 0.2) is 53.3 Å². The number of para-hydroxylation sites is 1. The maximum Gasteiger partial charge on any atom is 0.258 e. The van der Waals surface area contributed by atoms with Crippen LogP contribution in [0.4, 0.5) is 17.5 Å². The summed E-state index contributed by atoms with van der Waals surface area (Å²) in [6.45, 7) is 1.04. The predicted molar refractivity (Wildman–Crippen MR) is 116 cm³/mol. The molecule has 5 rings (SSSR count). The minimum atomic E-state index is -1.09. The van der Waals surface area contributed by atoms with Gasteiger partial charge in [-0.1, -0.05) is 24.3 Å². The minimum Gasteiger partial charge on any atom is -0.490 e. The van der Waals surface area contributed by atoms with E-state index in [0.29, 0.717) is 30.3 Å². The molecule has 1 aromatic heterocycles. The monoisotopic (exact) mass is 429 g/mol. The topological polar surface area (TPSA) is 129 Å². The molecule has 0 radical (unpaired) electrons. The number of anilines is 3. The van der Waals surface area contributed by atoms with Crippen LogP contribution in [0.2, 0.25) is 0 Å². The quantitative estimate of drug-likeness (QED) is 0.584. The Morgan fingerprint density at radius 2 is 1.84 bits per heavy atom. The smallest absolute Gasteiger partial charge is 0.258 e. The fourth-order valence-corrected chi connectivity index (χ4v) is 3.96. The third-order valence-corrected chi connectivity index (χ3v) is 5.43. The number of hydrogen-bond donors (Lipinski definition) is 3. The van der Waals surface area contributed by atoms with E-state index in [-0.39, 0.29) is 17.3 Å². The number of nitrogens with zero attached hydrogens (tertiary/aromatic N) is 2. The largest absolute Gasteiger partial charge is 0.490 e. The van der Waals surface area contributed by atoms with Gasteiger partial charge in [0.05, 0.1) is 24.8 Å². The Hall–Kier alpha value is -4.32. The summed E-state index contributed by atoms with van der Waals surface area (Å²) < 4.78 is 11.4. The SMILES string of the molecule is N#CC1C(=O)Nc2nc(Nc3ccccc3)[nH]c(=O)c2C1c1ccc2c(c1)OCCCO2. The van der Waals surface area contributed by atoms with Crippen molar-refractivity contribution >= 4 is 23.4 Å². The van der Waals surface area contributed by atoms with Gasteiger partial charge in [0.2, 0.25) is 11.9 Å². The van der Waals surface area contributed by atoms with Crippen molar-refractivity contribution in [1.82, 2.24) is 9.97 Å². The van der Waals surface area contributed by atoms with Crippen molar-refractivity contribution in [2.24, 2.45) is 5.92 Å². The number of benzene rings is 2. The Kier molecular flexibility index (Phi) is 4.95. The van der Waals surface area contributed by atoms with Gasteiger partial charge >= 0.3 is 0 Å². The first kappa shape index (κ1) is 19.6. The average Bonchev–Trinajstić information content (AvgIpc) is 3.03. The molecule has 0 fully saturated rings. The van der Waals surface area contributed by atoms with Crippen LogP contribution in [0.3, 0.4) is 0 Å². The Morgan fingerprint density at radius 1 is 1.06 bits per heavy atom. The summed E-state index contributed by atoms with van der Waals surface area (Å²) >= 11 is 0. The molecule has 2 aromatic carbocycles. The fourth-order valence-electron chi connectivity index (χ4n) is 3.96. The van der Waals surface area contributed by atoms with E-state index in [1.54, 1.807) is 18.2 Å². The van der Waals surface area contributed by atoms with Crippen LogP contribution in [0.25, 0.3) is 0 Å². The second-order valence-corrected chi connectivity index (χ2v) is 7.50. The summed E-state index contributed by atoms with van der Waals surface area (Å²) in [5, 5.41) is 15.4. The van der Waals surface area contributed by atoms with Crippen molar-refractivity contribution in [2.75, 3.05) is 23.8 Å². The zero-order chi connectivity index (χ0) is 22.1. The van der Waals surface area contributed by atoms with E-state index in [0.717, 1.165) is 12.1 Å². The summed E-state index contributed by atoms with van der Waals surface area (Å²) in [5.41, 5.74) is 1.12. The van der Waals surface area contributed by atoms with E-state index in [2.05, 4.69) is 20.6 Å². The van der Waals surface area contributed by atoms with Crippen LogP contribution in [-0.4, -0.2) is 29.1 Å². The second kappa shape index (κ2) is 8.07. The molecule has 9 nitrogen and oxygen atoms in total. The van der Waals surface area contributed by atoms with E-state index >= 15 is 0 Å². The molecule has 3 aromatic rings. The number of nitriles is 1. The van der Waals surface area contributed by atoms with Gasteiger partial charge < -0.3 is 20.1 Å². The van der Waals surface area contributed by atoms with Gasteiger partial charge in [0.15, 0.2) is 11.5 Å². The number of carbonyl (C=O) groups is 1. The first-order valence-corrected chi connectivity index (χ1v) is 10.2. The van der Waals surface area contributed by atoms with Crippen LogP contribution >= 0.6 is 0 Å². The number of fused-ring (bicyclic) bond motifs is 2. The third kappa shape index (κ3) is 3.52. The van der Waals surface area contributed by atoms with E-state index < -0.39 is 23.3 Å². The number of amides is 1. The number of aromatic amines is 1. The first-order valence-electron chi connectivity index (χ1n) is 10.2. The van der Waals surface area contributed by atoms with E-state index in [9.17, 15) is 14.9 Å². The molecule has 0 spiro atoms. The summed E-state index contributed by atoms with van der Waals surface area (Å²) in [4.78, 5) is 33.0. The number of hydrogen-bond acceptors (Lipinski definition) is 7.